The summed E-state index contributed by atoms with van der Waals surface area (Å²) in [5, 5.41) is 2.78. The fraction of sp³-hybridized carbons (Fsp3) is 0.160. The van der Waals surface area contributed by atoms with Gasteiger partial charge >= 0.3 is 6.09 Å². The number of carbonyl (C=O) groups excluding carboxylic acids is 1. The molecule has 0 spiro atoms. The van der Waals surface area contributed by atoms with Crippen molar-refractivity contribution in [2.75, 3.05) is 13.2 Å². The lowest BCUT2D eigenvalue weighted by molar-refractivity contribution is 0.143. The molecule has 152 valence electrons. The molecule has 4 rings (SSSR count). The topological polar surface area (TPSA) is 38.3 Å². The summed E-state index contributed by atoms with van der Waals surface area (Å²) >= 11 is 3.17. The van der Waals surface area contributed by atoms with Crippen LogP contribution < -0.4 is 5.32 Å². The second-order valence-electron chi connectivity index (χ2n) is 7.12. The lowest BCUT2D eigenvalue weighted by Gasteiger charge is -2.14. The molecule has 1 aliphatic carbocycles. The van der Waals surface area contributed by atoms with Gasteiger partial charge in [-0.2, -0.15) is 0 Å². The minimum atomic E-state index is -0.421. The zero-order chi connectivity index (χ0) is 20.9. The Morgan fingerprint density at radius 1 is 1.03 bits per heavy atom. The minimum absolute atomic E-state index is 0.0555. The maximum atomic E-state index is 13.2. The average molecular weight is 466 g/mol. The molecule has 1 N–H and O–H groups in total. The maximum Gasteiger partial charge on any atom is 0.407 e. The number of hydrogen-bond donors (Lipinski definition) is 1. The molecule has 3 aromatic carbocycles. The highest BCUT2D eigenvalue weighted by Gasteiger charge is 2.28. The van der Waals surface area contributed by atoms with E-state index in [0.717, 1.165) is 5.56 Å². The average Bonchev–Trinajstić information content (AvgIpc) is 3.08. The molecule has 0 aliphatic heterocycles. The predicted octanol–water partition coefficient (Wildman–Crippen LogP) is 6.53. The van der Waals surface area contributed by atoms with Crippen LogP contribution in [0.5, 0.6) is 0 Å². The van der Waals surface area contributed by atoms with Gasteiger partial charge in [-0.3, -0.25) is 0 Å². The highest BCUT2D eigenvalue weighted by Crippen LogP contribution is 2.44. The molecular weight excluding hydrogens is 445 g/mol. The van der Waals surface area contributed by atoms with Crippen molar-refractivity contribution in [3.05, 3.63) is 99.8 Å². The second-order valence-corrected chi connectivity index (χ2v) is 7.97. The summed E-state index contributed by atoms with van der Waals surface area (Å²) in [7, 11) is 0. The predicted molar refractivity (Wildman–Crippen MR) is 121 cm³/mol. The summed E-state index contributed by atoms with van der Waals surface area (Å²) in [6.07, 6.45) is 4.06. The Balaban J connectivity index is 1.27. The standard InChI is InChI=1S/C25H21BrFNO2/c26-23-15-17(12-13-24(23)27)7-5-6-14-28-25(29)30-16-22-20-10-3-1-8-18(20)19-9-2-4-11-21(19)22/h1-5,7-13,15,22H,6,14,16H2,(H,28,29). The summed E-state index contributed by atoms with van der Waals surface area (Å²) in [6, 6.07) is 21.3. The molecular formula is C25H21BrFNO2. The number of hydrogen-bond acceptors (Lipinski definition) is 2. The van der Waals surface area contributed by atoms with Gasteiger partial charge in [-0.15, -0.1) is 0 Å². The lowest BCUT2D eigenvalue weighted by atomic mass is 9.98. The number of fused-ring (bicyclic) bond motifs is 3. The summed E-state index contributed by atoms with van der Waals surface area (Å²) in [4.78, 5) is 12.1. The van der Waals surface area contributed by atoms with E-state index in [-0.39, 0.29) is 11.7 Å². The molecule has 0 bridgehead atoms. The van der Waals surface area contributed by atoms with Crippen LogP contribution in [-0.2, 0) is 4.74 Å². The molecule has 3 nitrogen and oxygen atoms in total. The zero-order valence-electron chi connectivity index (χ0n) is 16.3. The summed E-state index contributed by atoms with van der Waals surface area (Å²) in [6.45, 7) is 0.773. The highest BCUT2D eigenvalue weighted by molar-refractivity contribution is 9.10. The van der Waals surface area contributed by atoms with Crippen molar-refractivity contribution in [2.24, 2.45) is 0 Å². The van der Waals surface area contributed by atoms with Gasteiger partial charge in [-0.1, -0.05) is 66.7 Å². The summed E-state index contributed by atoms with van der Waals surface area (Å²) in [5.41, 5.74) is 5.70. The van der Waals surface area contributed by atoms with Gasteiger partial charge in [0.1, 0.15) is 12.4 Å². The first kappa shape index (κ1) is 20.4. The highest BCUT2D eigenvalue weighted by atomic mass is 79.9. The number of amides is 1. The first-order valence-corrected chi connectivity index (χ1v) is 10.6. The van der Waals surface area contributed by atoms with Crippen molar-refractivity contribution in [3.8, 4) is 11.1 Å². The van der Waals surface area contributed by atoms with Crippen LogP contribution >= 0.6 is 15.9 Å². The number of carbonyl (C=O) groups is 1. The van der Waals surface area contributed by atoms with Gasteiger partial charge in [-0.25, -0.2) is 9.18 Å². The van der Waals surface area contributed by atoms with Gasteiger partial charge in [0, 0.05) is 12.5 Å². The summed E-state index contributed by atoms with van der Waals surface area (Å²) in [5.74, 6) is -0.232. The molecule has 0 heterocycles. The third kappa shape index (κ3) is 4.46. The fourth-order valence-corrected chi connectivity index (χ4v) is 4.14. The number of benzene rings is 3. The van der Waals surface area contributed by atoms with Crippen molar-refractivity contribution in [1.29, 1.82) is 0 Å². The molecule has 3 aromatic rings. The van der Waals surface area contributed by atoms with Crippen LogP contribution in [0.25, 0.3) is 17.2 Å². The van der Waals surface area contributed by atoms with Gasteiger partial charge in [0.15, 0.2) is 0 Å². The van der Waals surface area contributed by atoms with Crippen LogP contribution in [-0.4, -0.2) is 19.2 Å². The number of nitrogens with one attached hydrogen (secondary N) is 1. The van der Waals surface area contributed by atoms with Crippen molar-refractivity contribution >= 4 is 28.1 Å². The molecule has 0 unspecified atom stereocenters. The largest absolute Gasteiger partial charge is 0.449 e. The van der Waals surface area contributed by atoms with Crippen molar-refractivity contribution in [1.82, 2.24) is 5.32 Å². The Hall–Kier alpha value is -2.92. The number of halogens is 2. The van der Waals surface area contributed by atoms with Crippen LogP contribution in [0.2, 0.25) is 0 Å². The summed E-state index contributed by atoms with van der Waals surface area (Å²) < 4.78 is 19.2. The molecule has 1 amide bonds. The van der Waals surface area contributed by atoms with E-state index >= 15 is 0 Å². The molecule has 5 heteroatoms. The zero-order valence-corrected chi connectivity index (χ0v) is 17.9. The van der Waals surface area contributed by atoms with E-state index in [4.69, 9.17) is 4.74 Å². The van der Waals surface area contributed by atoms with E-state index < -0.39 is 6.09 Å². The van der Waals surface area contributed by atoms with E-state index in [1.165, 1.54) is 28.3 Å². The van der Waals surface area contributed by atoms with Gasteiger partial charge in [-0.05, 0) is 62.3 Å². The number of ether oxygens (including phenoxy) is 1. The van der Waals surface area contributed by atoms with Gasteiger partial charge < -0.3 is 10.1 Å². The Kier molecular flexibility index (Phi) is 6.29. The van der Waals surface area contributed by atoms with Gasteiger partial charge in [0.05, 0.1) is 4.47 Å². The SMILES string of the molecule is O=C(NCCC=Cc1ccc(F)c(Br)c1)OCC1c2ccccc2-c2ccccc21. The van der Waals surface area contributed by atoms with Crippen LogP contribution in [0.4, 0.5) is 9.18 Å². The van der Waals surface area contributed by atoms with Crippen LogP contribution in [0.15, 0.2) is 77.3 Å². The molecule has 1 aliphatic rings. The fourth-order valence-electron chi connectivity index (χ4n) is 3.74. The maximum absolute atomic E-state index is 13.2. The molecule has 0 radical (unpaired) electrons. The molecule has 0 atom stereocenters. The number of alkyl carbamates (subject to hydrolysis) is 1. The van der Waals surface area contributed by atoms with E-state index in [1.807, 2.05) is 36.4 Å². The quantitative estimate of drug-likeness (QED) is 0.420. The Labute approximate surface area is 183 Å². The van der Waals surface area contributed by atoms with Crippen LogP contribution in [0.1, 0.15) is 29.0 Å². The first-order chi connectivity index (χ1) is 14.6. The second kappa shape index (κ2) is 9.26. The molecule has 0 fully saturated rings. The van der Waals surface area contributed by atoms with Gasteiger partial charge in [0.25, 0.3) is 0 Å². The number of rotatable bonds is 6. The molecule has 0 saturated carbocycles. The third-order valence-electron chi connectivity index (χ3n) is 5.18. The van der Waals surface area contributed by atoms with Crippen molar-refractivity contribution in [2.45, 2.75) is 12.3 Å². The smallest absolute Gasteiger partial charge is 0.407 e. The van der Waals surface area contributed by atoms with Crippen molar-refractivity contribution in [3.63, 3.8) is 0 Å². The van der Waals surface area contributed by atoms with Crippen LogP contribution in [0.3, 0.4) is 0 Å². The Bertz CT molecular complexity index is 1050. The molecule has 30 heavy (non-hydrogen) atoms. The van der Waals surface area contributed by atoms with E-state index in [0.29, 0.717) is 24.0 Å². The van der Waals surface area contributed by atoms with Crippen LogP contribution in [0, 0.1) is 5.82 Å². The Morgan fingerprint density at radius 3 is 2.37 bits per heavy atom. The Morgan fingerprint density at radius 2 is 1.70 bits per heavy atom. The first-order valence-electron chi connectivity index (χ1n) is 9.84. The molecule has 0 aromatic heterocycles. The van der Waals surface area contributed by atoms with E-state index in [2.05, 4.69) is 45.5 Å². The normalized spacial score (nSPS) is 12.6. The molecule has 0 saturated heterocycles. The lowest BCUT2D eigenvalue weighted by Crippen LogP contribution is -2.26. The van der Waals surface area contributed by atoms with E-state index in [9.17, 15) is 9.18 Å². The third-order valence-corrected chi connectivity index (χ3v) is 5.79. The van der Waals surface area contributed by atoms with Crippen molar-refractivity contribution < 1.29 is 13.9 Å². The van der Waals surface area contributed by atoms with E-state index in [1.54, 1.807) is 12.1 Å². The van der Waals surface area contributed by atoms with Gasteiger partial charge in [0.2, 0.25) is 0 Å². The minimum Gasteiger partial charge on any atom is -0.449 e. The monoisotopic (exact) mass is 465 g/mol.